The third kappa shape index (κ3) is 3.00. The second kappa shape index (κ2) is 7.99. The lowest BCUT2D eigenvalue weighted by molar-refractivity contribution is -0.156. The van der Waals surface area contributed by atoms with E-state index in [4.69, 9.17) is 4.98 Å². The Morgan fingerprint density at radius 1 is 0.946 bits per heavy atom. The Morgan fingerprint density at radius 2 is 1.73 bits per heavy atom. The number of anilines is 1. The van der Waals surface area contributed by atoms with E-state index < -0.39 is 29.3 Å². The van der Waals surface area contributed by atoms with Gasteiger partial charge in [0, 0.05) is 25.2 Å². The van der Waals surface area contributed by atoms with Gasteiger partial charge in [0.15, 0.2) is 5.41 Å². The number of barbiturate groups is 1. The highest BCUT2D eigenvalue weighted by Crippen LogP contribution is 2.53. The lowest BCUT2D eigenvalue weighted by Gasteiger charge is -2.54. The van der Waals surface area contributed by atoms with Crippen molar-refractivity contribution < 1.29 is 14.4 Å². The van der Waals surface area contributed by atoms with Crippen LogP contribution in [0.3, 0.4) is 0 Å². The second-order valence-electron chi connectivity index (χ2n) is 10.6. The number of urea groups is 1. The fraction of sp³-hybridized carbons (Fsp3) is 0.393. The predicted molar refractivity (Wildman–Crippen MR) is 135 cm³/mol. The van der Waals surface area contributed by atoms with Gasteiger partial charge in [-0.05, 0) is 42.5 Å². The largest absolute Gasteiger partial charge is 0.347 e. The fourth-order valence-electron chi connectivity index (χ4n) is 6.95. The summed E-state index contributed by atoms with van der Waals surface area (Å²) >= 11 is 0. The Bertz CT molecular complexity index is 1540. The van der Waals surface area contributed by atoms with Crippen LogP contribution < -0.4 is 15.8 Å². The first kappa shape index (κ1) is 22.2. The molecule has 37 heavy (non-hydrogen) atoms. The fourth-order valence-corrected chi connectivity index (χ4v) is 6.95. The summed E-state index contributed by atoms with van der Waals surface area (Å²) in [5.41, 5.74) is 0.832. The van der Waals surface area contributed by atoms with Crippen molar-refractivity contribution in [2.45, 2.75) is 57.0 Å². The van der Waals surface area contributed by atoms with E-state index >= 15 is 0 Å². The van der Waals surface area contributed by atoms with E-state index in [1.165, 1.54) is 9.30 Å². The van der Waals surface area contributed by atoms with Crippen molar-refractivity contribution in [2.24, 2.45) is 5.41 Å². The third-order valence-electron chi connectivity index (χ3n) is 8.67. The van der Waals surface area contributed by atoms with Crippen LogP contribution >= 0.6 is 0 Å². The van der Waals surface area contributed by atoms with Crippen LogP contribution in [0.25, 0.3) is 5.65 Å². The number of amides is 4. The van der Waals surface area contributed by atoms with Gasteiger partial charge in [0.05, 0.1) is 11.6 Å². The van der Waals surface area contributed by atoms with Gasteiger partial charge in [-0.15, -0.1) is 0 Å². The molecule has 2 aromatic heterocycles. The van der Waals surface area contributed by atoms with Crippen molar-refractivity contribution in [3.63, 3.8) is 0 Å². The van der Waals surface area contributed by atoms with E-state index in [-0.39, 0.29) is 18.0 Å². The highest BCUT2D eigenvalue weighted by atomic mass is 16.2. The van der Waals surface area contributed by atoms with E-state index in [1.807, 2.05) is 35.2 Å². The Morgan fingerprint density at radius 3 is 2.57 bits per heavy atom. The van der Waals surface area contributed by atoms with Crippen LogP contribution in [0.5, 0.6) is 0 Å². The lowest BCUT2D eigenvalue weighted by atomic mass is 9.65. The summed E-state index contributed by atoms with van der Waals surface area (Å²) < 4.78 is 1.46. The van der Waals surface area contributed by atoms with Gasteiger partial charge in [-0.25, -0.2) is 9.78 Å². The molecular weight excluding hydrogens is 470 g/mol. The van der Waals surface area contributed by atoms with Crippen LogP contribution in [0.4, 0.5) is 10.6 Å². The molecule has 3 aliphatic heterocycles. The topological polar surface area (TPSA) is 104 Å². The monoisotopic (exact) mass is 497 g/mol. The highest BCUT2D eigenvalue weighted by molar-refractivity contribution is 6.20. The summed E-state index contributed by atoms with van der Waals surface area (Å²) in [5.74, 6) is -0.615. The standard InChI is InChI=1S/C28H27N5O4/c34-24-20-16-28(25(35)30-27(37)33(26(28)36)18-9-2-1-3-10-18)22-19-11-5-4-8-17(19)13-15-32(22)23(20)29-21-12-6-7-14-31(21)24/h4-8,11-12,14,18,22H,1-3,9-10,13,15-16H2,(H,30,35,37)/t22-,28-/m1/s1. The Kier molecular flexibility index (Phi) is 4.80. The molecule has 1 saturated carbocycles. The first-order valence-corrected chi connectivity index (χ1v) is 13.0. The van der Waals surface area contributed by atoms with Crippen molar-refractivity contribution in [1.82, 2.24) is 19.6 Å². The average Bonchev–Trinajstić information content (AvgIpc) is 2.92. The molecule has 1 aromatic carbocycles. The molecule has 0 radical (unpaired) electrons. The van der Waals surface area contributed by atoms with E-state index in [1.54, 1.807) is 18.3 Å². The number of rotatable bonds is 1. The smallest absolute Gasteiger partial charge is 0.331 e. The van der Waals surface area contributed by atoms with Crippen molar-refractivity contribution in [3.05, 3.63) is 75.7 Å². The van der Waals surface area contributed by atoms with E-state index in [2.05, 4.69) is 5.32 Å². The minimum absolute atomic E-state index is 0.108. The van der Waals surface area contributed by atoms with Gasteiger partial charge in [0.25, 0.3) is 5.56 Å². The molecule has 2 atom stereocenters. The molecule has 4 amide bonds. The molecule has 2 fully saturated rings. The molecular formula is C28H27N5O4. The van der Waals surface area contributed by atoms with Crippen molar-refractivity contribution in [3.8, 4) is 0 Å². The molecule has 188 valence electrons. The van der Waals surface area contributed by atoms with Crippen LogP contribution in [0.1, 0.15) is 54.8 Å². The molecule has 7 rings (SSSR count). The molecule has 0 bridgehead atoms. The SMILES string of the molecule is O=C1NC(=O)[C@]2(Cc3c(nc4ccccn4c3=O)N3CCc4ccccc4[C@@H]32)C(=O)N1C1CCCCC1. The molecule has 9 heteroatoms. The quantitative estimate of drug-likeness (QED) is 0.519. The zero-order valence-electron chi connectivity index (χ0n) is 20.4. The van der Waals surface area contributed by atoms with Crippen molar-refractivity contribution in [2.75, 3.05) is 11.4 Å². The van der Waals surface area contributed by atoms with Crippen LogP contribution in [-0.2, 0) is 22.4 Å². The maximum absolute atomic E-state index is 14.6. The third-order valence-corrected chi connectivity index (χ3v) is 8.67. The van der Waals surface area contributed by atoms with Gasteiger partial charge >= 0.3 is 6.03 Å². The highest BCUT2D eigenvalue weighted by Gasteiger charge is 2.64. The molecule has 9 nitrogen and oxygen atoms in total. The maximum Gasteiger partial charge on any atom is 0.331 e. The molecule has 0 unspecified atom stereocenters. The number of hydrogen-bond acceptors (Lipinski definition) is 6. The number of imide groups is 2. The summed E-state index contributed by atoms with van der Waals surface area (Å²) in [6.07, 6.45) is 6.61. The Balaban J connectivity index is 1.49. The molecule has 1 spiro atoms. The van der Waals surface area contributed by atoms with Crippen LogP contribution in [0.15, 0.2) is 53.5 Å². The molecule has 1 saturated heterocycles. The number of nitrogens with zero attached hydrogens (tertiary/aromatic N) is 4. The number of hydrogen-bond donors (Lipinski definition) is 1. The minimum atomic E-state index is -1.65. The minimum Gasteiger partial charge on any atom is -0.347 e. The number of fused-ring (bicyclic) bond motifs is 7. The normalized spacial score (nSPS) is 25.6. The Labute approximate surface area is 213 Å². The summed E-state index contributed by atoms with van der Waals surface area (Å²) in [6, 6.07) is 11.6. The van der Waals surface area contributed by atoms with Gasteiger partial charge in [-0.1, -0.05) is 49.6 Å². The summed E-state index contributed by atoms with van der Waals surface area (Å²) in [7, 11) is 0. The van der Waals surface area contributed by atoms with Gasteiger partial charge in [0.1, 0.15) is 11.5 Å². The van der Waals surface area contributed by atoms with E-state index in [0.717, 1.165) is 43.2 Å². The molecule has 3 aromatic rings. The predicted octanol–water partition coefficient (Wildman–Crippen LogP) is 2.75. The number of carbonyl (C=O) groups is 3. The molecule has 4 aliphatic rings. The lowest BCUT2D eigenvalue weighted by Crippen LogP contribution is -2.71. The summed E-state index contributed by atoms with van der Waals surface area (Å²) in [4.78, 5) is 63.5. The molecule has 1 aliphatic carbocycles. The van der Waals surface area contributed by atoms with Crippen molar-refractivity contribution >= 4 is 29.3 Å². The first-order chi connectivity index (χ1) is 18.0. The second-order valence-corrected chi connectivity index (χ2v) is 10.6. The summed E-state index contributed by atoms with van der Waals surface area (Å²) in [5, 5.41) is 2.54. The number of carbonyl (C=O) groups excluding carboxylic acids is 3. The first-order valence-electron chi connectivity index (χ1n) is 13.0. The molecule has 5 heterocycles. The van der Waals surface area contributed by atoms with E-state index in [9.17, 15) is 19.2 Å². The summed E-state index contributed by atoms with van der Waals surface area (Å²) in [6.45, 7) is 0.504. The van der Waals surface area contributed by atoms with Gasteiger partial charge in [0.2, 0.25) is 11.8 Å². The number of nitrogens with one attached hydrogen (secondary N) is 1. The van der Waals surface area contributed by atoms with Crippen LogP contribution in [-0.4, -0.2) is 44.7 Å². The number of pyridine rings is 1. The van der Waals surface area contributed by atoms with Gasteiger partial charge in [-0.2, -0.15) is 0 Å². The van der Waals surface area contributed by atoms with Crippen LogP contribution in [0.2, 0.25) is 0 Å². The van der Waals surface area contributed by atoms with Gasteiger partial charge < -0.3 is 4.90 Å². The van der Waals surface area contributed by atoms with E-state index in [0.29, 0.717) is 30.0 Å². The Hall–Kier alpha value is -4.01. The number of aromatic nitrogens is 2. The number of benzene rings is 1. The average molecular weight is 498 g/mol. The zero-order valence-corrected chi connectivity index (χ0v) is 20.4. The van der Waals surface area contributed by atoms with Crippen LogP contribution in [0, 0.1) is 5.41 Å². The molecule has 1 N–H and O–H groups in total. The maximum atomic E-state index is 14.6. The van der Waals surface area contributed by atoms with Gasteiger partial charge in [-0.3, -0.25) is 29.0 Å². The van der Waals surface area contributed by atoms with Crippen molar-refractivity contribution in [1.29, 1.82) is 0 Å². The zero-order chi connectivity index (χ0) is 25.3.